The Balaban J connectivity index is 1.37. The molecule has 3 heterocycles. The van der Waals surface area contributed by atoms with E-state index in [1.165, 1.54) is 0 Å². The molecule has 1 N–H and O–H groups in total. The van der Waals surface area contributed by atoms with E-state index in [-0.39, 0.29) is 11.8 Å². The molecule has 0 bridgehead atoms. The Labute approximate surface area is 167 Å². The van der Waals surface area contributed by atoms with Gasteiger partial charge >= 0.3 is 0 Å². The highest BCUT2D eigenvalue weighted by Crippen LogP contribution is 2.22. The van der Waals surface area contributed by atoms with E-state index < -0.39 is 0 Å². The summed E-state index contributed by atoms with van der Waals surface area (Å²) in [4.78, 5) is 23.2. The number of piperidine rings is 1. The molecule has 2 aromatic heterocycles. The van der Waals surface area contributed by atoms with Crippen molar-refractivity contribution >= 4 is 23.2 Å². The maximum Gasteiger partial charge on any atom is 0.241 e. The molecule has 1 aromatic carbocycles. The standard InChI is InChI=1S/C20H20ClN5O2/c21-16-6-1-4-14(10-16)19-24-18(28-25-19)13-26-9-3-5-15(12-26)20(27)23-17-7-2-8-22-11-17/h1-2,4,6-8,10-11,15H,3,5,9,12-13H2,(H,23,27). The maximum atomic E-state index is 12.6. The fourth-order valence-corrected chi connectivity index (χ4v) is 3.54. The van der Waals surface area contributed by atoms with Gasteiger partial charge in [0.05, 0.1) is 24.3 Å². The molecule has 0 saturated carbocycles. The van der Waals surface area contributed by atoms with Gasteiger partial charge in [0.2, 0.25) is 17.6 Å². The van der Waals surface area contributed by atoms with Crippen molar-refractivity contribution < 1.29 is 9.32 Å². The summed E-state index contributed by atoms with van der Waals surface area (Å²) >= 11 is 6.02. The normalized spacial score (nSPS) is 17.4. The van der Waals surface area contributed by atoms with Crippen LogP contribution < -0.4 is 5.32 Å². The first-order chi connectivity index (χ1) is 13.7. The molecule has 1 amide bonds. The summed E-state index contributed by atoms with van der Waals surface area (Å²) in [5.74, 6) is 0.982. The van der Waals surface area contributed by atoms with Crippen molar-refractivity contribution in [1.82, 2.24) is 20.0 Å². The topological polar surface area (TPSA) is 84.2 Å². The molecular weight excluding hydrogens is 378 g/mol. The maximum absolute atomic E-state index is 12.6. The third-order valence-electron chi connectivity index (χ3n) is 4.72. The summed E-state index contributed by atoms with van der Waals surface area (Å²) in [5.41, 5.74) is 1.53. The van der Waals surface area contributed by atoms with Gasteiger partial charge in [-0.3, -0.25) is 14.7 Å². The Morgan fingerprint density at radius 1 is 1.32 bits per heavy atom. The molecule has 0 radical (unpaired) electrons. The minimum absolute atomic E-state index is 0.0165. The average Bonchev–Trinajstić information content (AvgIpc) is 3.17. The molecule has 1 aliphatic rings. The summed E-state index contributed by atoms with van der Waals surface area (Å²) in [6.45, 7) is 2.07. The zero-order valence-corrected chi connectivity index (χ0v) is 16.0. The fourth-order valence-electron chi connectivity index (χ4n) is 3.35. The Morgan fingerprint density at radius 3 is 3.07 bits per heavy atom. The largest absolute Gasteiger partial charge is 0.338 e. The second-order valence-corrected chi connectivity index (χ2v) is 7.26. The van der Waals surface area contributed by atoms with Crippen molar-refractivity contribution in [3.05, 3.63) is 59.7 Å². The van der Waals surface area contributed by atoms with Crippen LogP contribution in [0.4, 0.5) is 5.69 Å². The second kappa shape index (κ2) is 8.50. The first-order valence-corrected chi connectivity index (χ1v) is 9.57. The Morgan fingerprint density at radius 2 is 2.25 bits per heavy atom. The van der Waals surface area contributed by atoms with Crippen molar-refractivity contribution in [2.75, 3.05) is 18.4 Å². The highest BCUT2D eigenvalue weighted by molar-refractivity contribution is 6.30. The van der Waals surface area contributed by atoms with E-state index in [9.17, 15) is 4.79 Å². The number of likely N-dealkylation sites (tertiary alicyclic amines) is 1. The van der Waals surface area contributed by atoms with E-state index >= 15 is 0 Å². The fraction of sp³-hybridized carbons (Fsp3) is 0.300. The molecule has 1 saturated heterocycles. The Hall–Kier alpha value is -2.77. The van der Waals surface area contributed by atoms with Crippen LogP contribution in [0.5, 0.6) is 0 Å². The number of rotatable bonds is 5. The van der Waals surface area contributed by atoms with Gasteiger partial charge in [0, 0.05) is 23.3 Å². The number of anilines is 1. The van der Waals surface area contributed by atoms with Crippen molar-refractivity contribution in [2.45, 2.75) is 19.4 Å². The third kappa shape index (κ3) is 4.55. The molecule has 1 aliphatic heterocycles. The second-order valence-electron chi connectivity index (χ2n) is 6.83. The number of nitrogens with one attached hydrogen (secondary N) is 1. The van der Waals surface area contributed by atoms with Gasteiger partial charge in [0.1, 0.15) is 0 Å². The number of pyridine rings is 1. The monoisotopic (exact) mass is 397 g/mol. The molecule has 7 nitrogen and oxygen atoms in total. The lowest BCUT2D eigenvalue weighted by Gasteiger charge is -2.30. The molecule has 4 rings (SSSR count). The zero-order valence-electron chi connectivity index (χ0n) is 15.2. The van der Waals surface area contributed by atoms with Crippen LogP contribution in [0.2, 0.25) is 5.02 Å². The molecule has 144 valence electrons. The third-order valence-corrected chi connectivity index (χ3v) is 4.95. The lowest BCUT2D eigenvalue weighted by Crippen LogP contribution is -2.40. The van der Waals surface area contributed by atoms with Crippen molar-refractivity contribution in [2.24, 2.45) is 5.92 Å². The molecule has 8 heteroatoms. The number of nitrogens with zero attached hydrogens (tertiary/aromatic N) is 4. The van der Waals surface area contributed by atoms with E-state index in [4.69, 9.17) is 16.1 Å². The first-order valence-electron chi connectivity index (χ1n) is 9.19. The van der Waals surface area contributed by atoms with Crippen molar-refractivity contribution in [3.63, 3.8) is 0 Å². The number of benzene rings is 1. The lowest BCUT2D eigenvalue weighted by atomic mass is 9.97. The van der Waals surface area contributed by atoms with Gasteiger partial charge < -0.3 is 9.84 Å². The Kier molecular flexibility index (Phi) is 5.64. The van der Waals surface area contributed by atoms with Crippen molar-refractivity contribution in [1.29, 1.82) is 0 Å². The molecule has 1 atom stereocenters. The minimum atomic E-state index is -0.0794. The molecule has 0 spiro atoms. The Bertz CT molecular complexity index is 947. The van der Waals surface area contributed by atoms with Crippen LogP contribution in [-0.4, -0.2) is 39.0 Å². The molecule has 28 heavy (non-hydrogen) atoms. The number of amides is 1. The number of aromatic nitrogens is 3. The zero-order chi connectivity index (χ0) is 19.3. The van der Waals surface area contributed by atoms with E-state index in [2.05, 4.69) is 25.3 Å². The van der Waals surface area contributed by atoms with Crippen LogP contribution in [0, 0.1) is 5.92 Å². The van der Waals surface area contributed by atoms with Crippen LogP contribution >= 0.6 is 11.6 Å². The van der Waals surface area contributed by atoms with Gasteiger partial charge in [-0.15, -0.1) is 0 Å². The van der Waals surface area contributed by atoms with Crippen LogP contribution in [-0.2, 0) is 11.3 Å². The highest BCUT2D eigenvalue weighted by atomic mass is 35.5. The number of carbonyl (C=O) groups excluding carboxylic acids is 1. The number of hydrogen-bond donors (Lipinski definition) is 1. The van der Waals surface area contributed by atoms with E-state index in [1.807, 2.05) is 18.2 Å². The van der Waals surface area contributed by atoms with Crippen molar-refractivity contribution in [3.8, 4) is 11.4 Å². The molecule has 0 aliphatic carbocycles. The summed E-state index contributed by atoms with van der Waals surface area (Å²) in [6, 6.07) is 11.0. The van der Waals surface area contributed by atoms with Gasteiger partial charge in [-0.1, -0.05) is 28.9 Å². The van der Waals surface area contributed by atoms with Crippen LogP contribution in [0.15, 0.2) is 53.3 Å². The molecule has 3 aromatic rings. The molecular formula is C20H20ClN5O2. The number of hydrogen-bond acceptors (Lipinski definition) is 6. The summed E-state index contributed by atoms with van der Waals surface area (Å²) < 4.78 is 5.40. The SMILES string of the molecule is O=C(Nc1cccnc1)C1CCCN(Cc2nc(-c3cccc(Cl)c3)no2)C1. The summed E-state index contributed by atoms with van der Waals surface area (Å²) in [6.07, 6.45) is 5.13. The van der Waals surface area contributed by atoms with E-state index in [1.54, 1.807) is 30.6 Å². The van der Waals surface area contributed by atoms with Crippen LogP contribution in [0.25, 0.3) is 11.4 Å². The van der Waals surface area contributed by atoms with Gasteiger partial charge in [0.15, 0.2) is 0 Å². The predicted molar refractivity (Wildman–Crippen MR) is 106 cm³/mol. The first kappa shape index (κ1) is 18.6. The van der Waals surface area contributed by atoms with Gasteiger partial charge in [-0.05, 0) is 43.7 Å². The van der Waals surface area contributed by atoms with E-state index in [0.717, 1.165) is 24.9 Å². The van der Waals surface area contributed by atoms with Gasteiger partial charge in [0.25, 0.3) is 0 Å². The number of halogens is 1. The summed E-state index contributed by atoms with van der Waals surface area (Å²) in [5, 5.41) is 7.61. The van der Waals surface area contributed by atoms with Gasteiger partial charge in [-0.2, -0.15) is 4.98 Å². The van der Waals surface area contributed by atoms with Crippen LogP contribution in [0.1, 0.15) is 18.7 Å². The summed E-state index contributed by atoms with van der Waals surface area (Å²) in [7, 11) is 0. The smallest absolute Gasteiger partial charge is 0.241 e. The van der Waals surface area contributed by atoms with Gasteiger partial charge in [-0.25, -0.2) is 0 Å². The minimum Gasteiger partial charge on any atom is -0.338 e. The molecule has 1 unspecified atom stereocenters. The highest BCUT2D eigenvalue weighted by Gasteiger charge is 2.27. The predicted octanol–water partition coefficient (Wildman–Crippen LogP) is 3.64. The molecule has 1 fully saturated rings. The van der Waals surface area contributed by atoms with Crippen LogP contribution in [0.3, 0.4) is 0 Å². The number of carbonyl (C=O) groups is 1. The quantitative estimate of drug-likeness (QED) is 0.707. The lowest BCUT2D eigenvalue weighted by molar-refractivity contribution is -0.121. The average molecular weight is 398 g/mol. The van der Waals surface area contributed by atoms with E-state index in [0.29, 0.717) is 35.5 Å².